The van der Waals surface area contributed by atoms with Crippen molar-refractivity contribution in [2.75, 3.05) is 23.4 Å². The van der Waals surface area contributed by atoms with E-state index in [-0.39, 0.29) is 23.0 Å². The lowest BCUT2D eigenvalue weighted by Gasteiger charge is -2.30. The molecule has 3 amide bonds. The summed E-state index contributed by atoms with van der Waals surface area (Å²) in [5.41, 5.74) is -0.386. The minimum Gasteiger partial charge on any atom is -0.490 e. The number of anilines is 2. The molecule has 4 aromatic rings. The third-order valence-corrected chi connectivity index (χ3v) is 10.3. The largest absolute Gasteiger partial charge is 0.490 e. The number of benzene rings is 3. The van der Waals surface area contributed by atoms with Crippen LogP contribution in [-0.2, 0) is 20.6 Å². The Hall–Kier alpha value is -4.08. The molecule has 238 valence electrons. The molecule has 0 saturated carbocycles. The molecule has 3 heterocycles. The van der Waals surface area contributed by atoms with E-state index in [2.05, 4.69) is 26.2 Å². The van der Waals surface area contributed by atoms with Gasteiger partial charge in [0.05, 0.1) is 34.5 Å². The second kappa shape index (κ2) is 12.6. The predicted molar refractivity (Wildman–Crippen MR) is 170 cm³/mol. The number of aromatic amines is 1. The van der Waals surface area contributed by atoms with Crippen LogP contribution in [0, 0.1) is 5.92 Å². The molecule has 9 nitrogen and oxygen atoms in total. The lowest BCUT2D eigenvalue weighted by Crippen LogP contribution is -2.32. The van der Waals surface area contributed by atoms with Crippen LogP contribution in [0.2, 0.25) is 0 Å². The number of alkyl halides is 3. The van der Waals surface area contributed by atoms with Gasteiger partial charge in [0.15, 0.2) is 18.1 Å². The average Bonchev–Trinajstić information content (AvgIpc) is 3.50. The van der Waals surface area contributed by atoms with Crippen molar-refractivity contribution in [3.8, 4) is 11.5 Å². The molecule has 2 aliphatic heterocycles. The van der Waals surface area contributed by atoms with E-state index in [1.807, 2.05) is 0 Å². The monoisotopic (exact) mass is 733 g/mol. The zero-order valence-corrected chi connectivity index (χ0v) is 26.9. The maximum absolute atomic E-state index is 14.0. The van der Waals surface area contributed by atoms with Crippen LogP contribution in [0.25, 0.3) is 0 Å². The molecule has 2 aliphatic rings. The van der Waals surface area contributed by atoms with Gasteiger partial charge in [0.2, 0.25) is 11.8 Å². The smallest absolute Gasteiger partial charge is 0.418 e. The number of H-pyrrole nitrogens is 1. The average molecular weight is 735 g/mol. The first-order valence-corrected chi connectivity index (χ1v) is 16.3. The first-order chi connectivity index (χ1) is 22.0. The molecule has 0 aliphatic carbocycles. The van der Waals surface area contributed by atoms with E-state index in [9.17, 15) is 32.3 Å². The van der Waals surface area contributed by atoms with Gasteiger partial charge in [-0.05, 0) is 61.0 Å². The summed E-state index contributed by atoms with van der Waals surface area (Å²) in [4.78, 5) is 56.9. The molecule has 2 N–H and O–H groups in total. The summed E-state index contributed by atoms with van der Waals surface area (Å²) in [6.07, 6.45) is -4.66. The van der Waals surface area contributed by atoms with E-state index < -0.39 is 58.8 Å². The lowest BCUT2D eigenvalue weighted by atomic mass is 9.83. The highest BCUT2D eigenvalue weighted by Crippen LogP contribution is 2.54. The first-order valence-electron chi connectivity index (χ1n) is 13.8. The molecule has 6 rings (SSSR count). The van der Waals surface area contributed by atoms with Crippen LogP contribution in [0.3, 0.4) is 0 Å². The molecule has 0 bridgehead atoms. The fourth-order valence-corrected chi connectivity index (χ4v) is 8.27. The molecule has 0 radical (unpaired) electrons. The maximum Gasteiger partial charge on any atom is 0.418 e. The number of imide groups is 1. The van der Waals surface area contributed by atoms with Gasteiger partial charge in [-0.15, -0.1) is 0 Å². The Bertz CT molecular complexity index is 1900. The van der Waals surface area contributed by atoms with Crippen LogP contribution < -0.4 is 24.6 Å². The fraction of sp³-hybridized carbons (Fsp3) is 0.226. The van der Waals surface area contributed by atoms with E-state index >= 15 is 0 Å². The van der Waals surface area contributed by atoms with Crippen LogP contribution in [-0.4, -0.2) is 41.2 Å². The molecule has 3 atom stereocenters. The molecule has 1 fully saturated rings. The number of rotatable bonds is 8. The summed E-state index contributed by atoms with van der Waals surface area (Å²) in [5, 5.41) is 1.95. The van der Waals surface area contributed by atoms with Crippen molar-refractivity contribution in [3.05, 3.63) is 96.9 Å². The molecule has 46 heavy (non-hydrogen) atoms. The highest BCUT2D eigenvalue weighted by molar-refractivity contribution is 9.10. The van der Waals surface area contributed by atoms with Crippen molar-refractivity contribution in [2.24, 2.45) is 5.92 Å². The van der Waals surface area contributed by atoms with Crippen LogP contribution in [0.4, 0.5) is 24.5 Å². The summed E-state index contributed by atoms with van der Waals surface area (Å²) in [5.74, 6) is -2.79. The Labute approximate surface area is 276 Å². The Morgan fingerprint density at radius 2 is 1.74 bits per heavy atom. The molecule has 1 saturated heterocycles. The molecule has 3 aromatic carbocycles. The number of nitrogens with zero attached hydrogens (tertiary/aromatic N) is 1. The zero-order valence-electron chi connectivity index (χ0n) is 23.7. The number of aromatic nitrogens is 1. The molecule has 15 heteroatoms. The number of ether oxygens (including phenoxy) is 2. The number of hydrogen-bond donors (Lipinski definition) is 2. The highest BCUT2D eigenvalue weighted by Gasteiger charge is 2.56. The van der Waals surface area contributed by atoms with Gasteiger partial charge in [0.1, 0.15) is 5.25 Å². The number of carbonyl (C=O) groups excluding carboxylic acids is 3. The van der Waals surface area contributed by atoms with E-state index in [4.69, 9.17) is 9.47 Å². The fourth-order valence-electron chi connectivity index (χ4n) is 5.50. The van der Waals surface area contributed by atoms with Crippen molar-refractivity contribution >= 4 is 68.1 Å². The van der Waals surface area contributed by atoms with E-state index in [0.717, 1.165) is 39.7 Å². The Morgan fingerprint density at radius 3 is 2.46 bits per heavy atom. The minimum atomic E-state index is -4.66. The van der Waals surface area contributed by atoms with Crippen LogP contribution in [0.5, 0.6) is 11.5 Å². The second-order valence-electron chi connectivity index (χ2n) is 10.3. The standard InChI is InChI=1S/C31H23BrF3N3O6S2/c1-2-43-21-13-15(7-12-20(21)44-14-22(39)36-19-6-4-3-5-18(19)31(33,34)35)23-24-26(45-27-25(23)46-30(42)37-27)29(41)38(28(24)40)17-10-8-16(32)9-11-17/h3-13,23-24,26H,2,14H2,1H3,(H,36,39)(H,37,42). The molecule has 1 aromatic heterocycles. The van der Waals surface area contributed by atoms with Crippen molar-refractivity contribution in [1.29, 1.82) is 0 Å². The molecular formula is C31H23BrF3N3O6S2. The van der Waals surface area contributed by atoms with Crippen molar-refractivity contribution < 1.29 is 37.0 Å². The van der Waals surface area contributed by atoms with Crippen molar-refractivity contribution in [3.63, 3.8) is 0 Å². The number of halogens is 4. The summed E-state index contributed by atoms with van der Waals surface area (Å²) in [6.45, 7) is 1.32. The highest BCUT2D eigenvalue weighted by atomic mass is 79.9. The number of para-hydroxylation sites is 1. The second-order valence-corrected chi connectivity index (χ2v) is 13.3. The quantitative estimate of drug-likeness (QED) is 0.201. The normalized spacial score (nSPS) is 19.1. The number of hydrogen-bond acceptors (Lipinski definition) is 8. The van der Waals surface area contributed by atoms with Crippen molar-refractivity contribution in [1.82, 2.24) is 4.98 Å². The predicted octanol–water partition coefficient (Wildman–Crippen LogP) is 6.43. The van der Waals surface area contributed by atoms with Gasteiger partial charge in [-0.1, -0.05) is 57.2 Å². The number of amides is 3. The maximum atomic E-state index is 14.0. The number of thioether (sulfide) groups is 1. The Morgan fingerprint density at radius 1 is 1.00 bits per heavy atom. The number of thiazole rings is 1. The van der Waals surface area contributed by atoms with Crippen LogP contribution >= 0.6 is 39.0 Å². The van der Waals surface area contributed by atoms with E-state index in [0.29, 0.717) is 21.2 Å². The third kappa shape index (κ3) is 6.06. The van der Waals surface area contributed by atoms with Gasteiger partial charge >= 0.3 is 11.0 Å². The van der Waals surface area contributed by atoms with E-state index in [1.54, 1.807) is 43.3 Å². The molecule has 0 spiro atoms. The number of nitrogens with one attached hydrogen (secondary N) is 2. The van der Waals surface area contributed by atoms with E-state index in [1.165, 1.54) is 23.1 Å². The molecular weight excluding hydrogens is 711 g/mol. The van der Waals surface area contributed by atoms with Gasteiger partial charge < -0.3 is 19.8 Å². The van der Waals surface area contributed by atoms with Gasteiger partial charge in [-0.3, -0.25) is 19.2 Å². The number of fused-ring (bicyclic) bond motifs is 2. The van der Waals surface area contributed by atoms with Crippen molar-refractivity contribution in [2.45, 2.75) is 29.3 Å². The molecule has 3 unspecified atom stereocenters. The zero-order chi connectivity index (χ0) is 32.7. The van der Waals surface area contributed by atoms with Crippen LogP contribution in [0.15, 0.2) is 81.0 Å². The Kier molecular flexibility index (Phi) is 8.74. The SMILES string of the molecule is CCOc1cc(C2c3sc(=O)[nH]c3SC3C(=O)N(c4ccc(Br)cc4)C(=O)C32)ccc1OCC(=O)Nc1ccccc1C(F)(F)F. The topological polar surface area (TPSA) is 118 Å². The summed E-state index contributed by atoms with van der Waals surface area (Å²) in [7, 11) is 0. The van der Waals surface area contributed by atoms with Gasteiger partial charge in [-0.25, -0.2) is 4.90 Å². The summed E-state index contributed by atoms with van der Waals surface area (Å²) < 4.78 is 52.3. The summed E-state index contributed by atoms with van der Waals surface area (Å²) >= 11 is 5.48. The van der Waals surface area contributed by atoms with Gasteiger partial charge in [0, 0.05) is 15.3 Å². The first kappa shape index (κ1) is 31.9. The van der Waals surface area contributed by atoms with Gasteiger partial charge in [-0.2, -0.15) is 13.2 Å². The lowest BCUT2D eigenvalue weighted by molar-refractivity contribution is -0.137. The number of carbonyl (C=O) groups is 3. The Balaban J connectivity index is 1.29. The minimum absolute atomic E-state index is 0.138. The summed E-state index contributed by atoms with van der Waals surface area (Å²) in [6, 6.07) is 16.2. The van der Waals surface area contributed by atoms with Crippen LogP contribution in [0.1, 0.15) is 28.8 Å². The third-order valence-electron chi connectivity index (χ3n) is 7.40. The van der Waals surface area contributed by atoms with Gasteiger partial charge in [0.25, 0.3) is 5.91 Å².